The van der Waals surface area contributed by atoms with Crippen molar-refractivity contribution in [1.82, 2.24) is 9.21 Å². The Balaban J connectivity index is 1.62. The first-order chi connectivity index (χ1) is 14.0. The molecule has 2 unspecified atom stereocenters. The molecule has 160 valence electrons. The Kier molecular flexibility index (Phi) is 6.75. The summed E-state index contributed by atoms with van der Waals surface area (Å²) in [5.41, 5.74) is 0.266. The molecule has 2 atom stereocenters. The number of ether oxygens (including phenoxy) is 1. The number of thioether (sulfide) groups is 1. The Labute approximate surface area is 182 Å². The Morgan fingerprint density at radius 2 is 2.03 bits per heavy atom. The molecule has 0 aliphatic carbocycles. The third-order valence-electron chi connectivity index (χ3n) is 5.90. The van der Waals surface area contributed by atoms with Gasteiger partial charge in [-0.05, 0) is 56.1 Å². The van der Waals surface area contributed by atoms with Gasteiger partial charge in [-0.2, -0.15) is 16.1 Å². The second kappa shape index (κ2) is 9.14. The zero-order chi connectivity index (χ0) is 20.4. The lowest BCUT2D eigenvalue weighted by atomic mass is 10.1. The average Bonchev–Trinajstić information content (AvgIpc) is 3.49. The van der Waals surface area contributed by atoms with E-state index < -0.39 is 10.0 Å². The minimum absolute atomic E-state index is 0.0415. The molecule has 0 spiro atoms. The fourth-order valence-electron chi connectivity index (χ4n) is 4.23. The van der Waals surface area contributed by atoms with Gasteiger partial charge in [-0.15, -0.1) is 0 Å². The van der Waals surface area contributed by atoms with E-state index >= 15 is 0 Å². The smallest absolute Gasteiger partial charge is 0.255 e. The van der Waals surface area contributed by atoms with Gasteiger partial charge in [0, 0.05) is 38.0 Å². The van der Waals surface area contributed by atoms with E-state index in [2.05, 4.69) is 0 Å². The largest absolute Gasteiger partial charge is 0.376 e. The second-order valence-corrected chi connectivity index (χ2v) is 11.4. The molecular formula is C20H27ClN2O4S2. The van der Waals surface area contributed by atoms with E-state index in [1.165, 1.54) is 22.5 Å². The Hall–Kier alpha value is -0.800. The molecule has 0 radical (unpaired) electrons. The van der Waals surface area contributed by atoms with Crippen molar-refractivity contribution in [3.63, 3.8) is 0 Å². The molecular weight excluding hydrogens is 432 g/mol. The van der Waals surface area contributed by atoms with Crippen LogP contribution in [0.3, 0.4) is 0 Å². The lowest BCUT2D eigenvalue weighted by molar-refractivity contribution is 0.0441. The molecule has 3 aliphatic rings. The van der Waals surface area contributed by atoms with Crippen LogP contribution in [-0.4, -0.2) is 73.4 Å². The number of sulfonamides is 1. The van der Waals surface area contributed by atoms with Crippen LogP contribution < -0.4 is 0 Å². The topological polar surface area (TPSA) is 66.9 Å². The zero-order valence-electron chi connectivity index (χ0n) is 16.4. The van der Waals surface area contributed by atoms with E-state index in [1.807, 2.05) is 16.7 Å². The van der Waals surface area contributed by atoms with Crippen LogP contribution in [-0.2, 0) is 14.8 Å². The summed E-state index contributed by atoms with van der Waals surface area (Å²) in [4.78, 5) is 15.5. The zero-order valence-corrected chi connectivity index (χ0v) is 18.8. The number of nitrogens with zero attached hydrogens (tertiary/aromatic N) is 2. The first-order valence-corrected chi connectivity index (χ1v) is 13.2. The summed E-state index contributed by atoms with van der Waals surface area (Å²) in [7, 11) is -3.60. The van der Waals surface area contributed by atoms with E-state index in [0.717, 1.165) is 50.2 Å². The summed E-state index contributed by atoms with van der Waals surface area (Å²) >= 11 is 8.22. The highest BCUT2D eigenvalue weighted by Gasteiger charge is 2.33. The summed E-state index contributed by atoms with van der Waals surface area (Å²) in [5, 5.41) is 0.290. The van der Waals surface area contributed by atoms with E-state index in [4.69, 9.17) is 16.3 Å². The van der Waals surface area contributed by atoms with Crippen molar-refractivity contribution in [2.24, 2.45) is 0 Å². The van der Waals surface area contributed by atoms with Crippen molar-refractivity contribution >= 4 is 39.3 Å². The Morgan fingerprint density at radius 3 is 2.69 bits per heavy atom. The fourth-order valence-corrected chi connectivity index (χ4v) is 7.20. The number of carbonyl (C=O) groups is 1. The van der Waals surface area contributed by atoms with Crippen molar-refractivity contribution in [3.05, 3.63) is 28.8 Å². The quantitative estimate of drug-likeness (QED) is 0.654. The third-order valence-corrected chi connectivity index (χ3v) is 9.27. The average molecular weight is 459 g/mol. The van der Waals surface area contributed by atoms with Crippen molar-refractivity contribution in [3.8, 4) is 0 Å². The van der Waals surface area contributed by atoms with Gasteiger partial charge in [0.2, 0.25) is 10.0 Å². The minimum atomic E-state index is -3.60. The van der Waals surface area contributed by atoms with Crippen LogP contribution in [0.5, 0.6) is 0 Å². The SMILES string of the molecule is O=C(c1cc(S(=O)(=O)N2CCCC2)ccc1Cl)N(CC1CCCO1)C1CCSC1. The first kappa shape index (κ1) is 21.4. The minimum Gasteiger partial charge on any atom is -0.376 e. The second-order valence-electron chi connectivity index (χ2n) is 7.86. The van der Waals surface area contributed by atoms with Gasteiger partial charge in [0.15, 0.2) is 0 Å². The monoisotopic (exact) mass is 458 g/mol. The number of amides is 1. The number of hydrogen-bond donors (Lipinski definition) is 0. The highest BCUT2D eigenvalue weighted by atomic mass is 35.5. The van der Waals surface area contributed by atoms with Crippen LogP contribution in [0.1, 0.15) is 42.5 Å². The summed E-state index contributed by atoms with van der Waals surface area (Å²) in [5.74, 6) is 1.72. The van der Waals surface area contributed by atoms with Gasteiger partial charge in [-0.25, -0.2) is 8.42 Å². The number of benzene rings is 1. The molecule has 4 rings (SSSR count). The highest BCUT2D eigenvalue weighted by Crippen LogP contribution is 2.30. The summed E-state index contributed by atoms with van der Waals surface area (Å²) in [6, 6.07) is 4.63. The number of halogens is 1. The standard InChI is InChI=1S/C20H27ClN2O4S2/c21-19-6-5-17(29(25,26)22-8-1-2-9-22)12-18(19)20(24)23(15-7-11-28-14-15)13-16-4-3-10-27-16/h5-6,12,15-16H,1-4,7-11,13-14H2. The lowest BCUT2D eigenvalue weighted by Crippen LogP contribution is -2.44. The number of hydrogen-bond acceptors (Lipinski definition) is 5. The van der Waals surface area contributed by atoms with Gasteiger partial charge in [-0.1, -0.05) is 11.6 Å². The molecule has 1 aromatic rings. The molecule has 1 amide bonds. The van der Waals surface area contributed by atoms with E-state index in [0.29, 0.717) is 24.7 Å². The Bertz CT molecular complexity index is 846. The summed E-state index contributed by atoms with van der Waals surface area (Å²) in [6.45, 7) is 2.32. The van der Waals surface area contributed by atoms with Crippen molar-refractivity contribution in [2.45, 2.75) is 49.1 Å². The van der Waals surface area contributed by atoms with Gasteiger partial charge in [0.05, 0.1) is 21.6 Å². The fraction of sp³-hybridized carbons (Fsp3) is 0.650. The van der Waals surface area contributed by atoms with Crippen LogP contribution in [0.2, 0.25) is 5.02 Å². The normalized spacial score (nSPS) is 25.6. The molecule has 3 aliphatic heterocycles. The van der Waals surface area contributed by atoms with Crippen LogP contribution in [0.25, 0.3) is 0 Å². The third kappa shape index (κ3) is 4.61. The molecule has 3 heterocycles. The molecule has 3 saturated heterocycles. The predicted molar refractivity (Wildman–Crippen MR) is 115 cm³/mol. The molecule has 0 aromatic heterocycles. The van der Waals surface area contributed by atoms with Gasteiger partial charge < -0.3 is 9.64 Å². The summed E-state index contributed by atoms with van der Waals surface area (Å²) < 4.78 is 33.2. The summed E-state index contributed by atoms with van der Waals surface area (Å²) in [6.07, 6.45) is 4.67. The van der Waals surface area contributed by atoms with Gasteiger partial charge in [0.25, 0.3) is 5.91 Å². The first-order valence-electron chi connectivity index (χ1n) is 10.3. The molecule has 3 fully saturated rings. The molecule has 0 N–H and O–H groups in total. The van der Waals surface area contributed by atoms with Gasteiger partial charge in [0.1, 0.15) is 0 Å². The van der Waals surface area contributed by atoms with E-state index in [1.54, 1.807) is 0 Å². The molecule has 29 heavy (non-hydrogen) atoms. The van der Waals surface area contributed by atoms with Crippen molar-refractivity contribution in [2.75, 3.05) is 37.7 Å². The molecule has 9 heteroatoms. The van der Waals surface area contributed by atoms with Crippen LogP contribution in [0.4, 0.5) is 0 Å². The molecule has 0 saturated carbocycles. The van der Waals surface area contributed by atoms with E-state index in [9.17, 15) is 13.2 Å². The maximum absolute atomic E-state index is 13.5. The predicted octanol–water partition coefficient (Wildman–Crippen LogP) is 3.25. The van der Waals surface area contributed by atoms with Crippen LogP contribution in [0.15, 0.2) is 23.1 Å². The van der Waals surface area contributed by atoms with Gasteiger partial charge in [-0.3, -0.25) is 4.79 Å². The van der Waals surface area contributed by atoms with Crippen molar-refractivity contribution < 1.29 is 17.9 Å². The van der Waals surface area contributed by atoms with E-state index in [-0.39, 0.29) is 28.5 Å². The van der Waals surface area contributed by atoms with Gasteiger partial charge >= 0.3 is 0 Å². The lowest BCUT2D eigenvalue weighted by Gasteiger charge is -2.31. The molecule has 6 nitrogen and oxygen atoms in total. The maximum Gasteiger partial charge on any atom is 0.255 e. The highest BCUT2D eigenvalue weighted by molar-refractivity contribution is 7.99. The number of carbonyl (C=O) groups excluding carboxylic acids is 1. The van der Waals surface area contributed by atoms with Crippen molar-refractivity contribution in [1.29, 1.82) is 0 Å². The molecule has 1 aromatic carbocycles. The molecule has 0 bridgehead atoms. The maximum atomic E-state index is 13.5. The van der Waals surface area contributed by atoms with Crippen LogP contribution in [0, 0.1) is 0 Å². The number of rotatable bonds is 6. The Morgan fingerprint density at radius 1 is 1.24 bits per heavy atom. The van der Waals surface area contributed by atoms with Crippen LogP contribution >= 0.6 is 23.4 Å².